The lowest BCUT2D eigenvalue weighted by molar-refractivity contribution is -0.0135. The van der Waals surface area contributed by atoms with Crippen LogP contribution in [0.5, 0.6) is 0 Å². The van der Waals surface area contributed by atoms with Gasteiger partial charge >= 0.3 is 0 Å². The van der Waals surface area contributed by atoms with Crippen LogP contribution >= 0.6 is 0 Å². The fourth-order valence-corrected chi connectivity index (χ4v) is 1.58. The second-order valence-electron chi connectivity index (χ2n) is 3.73. The average molecular weight is 244 g/mol. The Balaban J connectivity index is 4.81. The number of nitrogens with zero attached hydrogens (tertiary/aromatic N) is 2. The van der Waals surface area contributed by atoms with Crippen molar-refractivity contribution in [2.24, 2.45) is 21.3 Å². The van der Waals surface area contributed by atoms with E-state index in [1.54, 1.807) is 0 Å². The molecule has 17 heavy (non-hydrogen) atoms. The summed E-state index contributed by atoms with van der Waals surface area (Å²) in [4.78, 5) is 26.7. The van der Waals surface area contributed by atoms with E-state index in [2.05, 4.69) is 9.98 Å². The molecule has 0 amide bonds. The molecule has 0 saturated heterocycles. The Bertz CT molecular complexity index is 304. The molecule has 0 aromatic heterocycles. The van der Waals surface area contributed by atoms with Crippen molar-refractivity contribution in [1.82, 2.24) is 0 Å². The van der Waals surface area contributed by atoms with Gasteiger partial charge in [0.1, 0.15) is 0 Å². The summed E-state index contributed by atoms with van der Waals surface area (Å²) in [6.07, 6.45) is 2.96. The summed E-state index contributed by atoms with van der Waals surface area (Å²) in [5, 5.41) is 27.8. The van der Waals surface area contributed by atoms with Gasteiger partial charge in [0.2, 0.25) is 12.2 Å². The van der Waals surface area contributed by atoms with E-state index in [1.165, 1.54) is 12.2 Å². The van der Waals surface area contributed by atoms with Crippen LogP contribution in [0.15, 0.2) is 9.98 Å². The smallest absolute Gasteiger partial charge is 0.234 e. The van der Waals surface area contributed by atoms with Gasteiger partial charge in [0.05, 0.1) is 26.3 Å². The summed E-state index contributed by atoms with van der Waals surface area (Å²) in [7, 11) is 0. The van der Waals surface area contributed by atoms with Gasteiger partial charge < -0.3 is 15.3 Å². The van der Waals surface area contributed by atoms with E-state index in [0.717, 1.165) is 0 Å². The molecule has 0 saturated carbocycles. The number of carbonyl (C=O) groups excluding carboxylic acids is 2. The molecule has 0 radical (unpaired) electrons. The predicted octanol–water partition coefficient (Wildman–Crippen LogP) is -1.37. The van der Waals surface area contributed by atoms with E-state index in [9.17, 15) is 24.9 Å². The van der Waals surface area contributed by atoms with Crippen LogP contribution in [0, 0.1) is 11.3 Å². The van der Waals surface area contributed by atoms with Crippen molar-refractivity contribution in [3.8, 4) is 0 Å². The van der Waals surface area contributed by atoms with Gasteiger partial charge in [-0.25, -0.2) is 19.6 Å². The first-order valence-corrected chi connectivity index (χ1v) is 5.10. The van der Waals surface area contributed by atoms with E-state index >= 15 is 0 Å². The number of hydrogen-bond donors (Lipinski definition) is 3. The SMILES string of the molecule is O=C=NCCC(CO)C(CO)(CO)CN=C=O. The summed E-state index contributed by atoms with van der Waals surface area (Å²) >= 11 is 0. The maximum absolute atomic E-state index is 10.1. The van der Waals surface area contributed by atoms with Gasteiger partial charge in [0.25, 0.3) is 0 Å². The van der Waals surface area contributed by atoms with E-state index in [1.807, 2.05) is 0 Å². The Morgan fingerprint density at radius 2 is 1.65 bits per heavy atom. The molecule has 0 rings (SSSR count). The molecule has 3 N–H and O–H groups in total. The van der Waals surface area contributed by atoms with Crippen molar-refractivity contribution in [1.29, 1.82) is 0 Å². The van der Waals surface area contributed by atoms with Crippen LogP contribution < -0.4 is 0 Å². The fraction of sp³-hybridized carbons (Fsp3) is 0.800. The number of aliphatic hydroxyl groups is 3. The van der Waals surface area contributed by atoms with Gasteiger partial charge in [-0.2, -0.15) is 0 Å². The third kappa shape index (κ3) is 4.56. The van der Waals surface area contributed by atoms with Crippen molar-refractivity contribution in [3.05, 3.63) is 0 Å². The molecular formula is C10H16N2O5. The summed E-state index contributed by atoms with van der Waals surface area (Å²) in [5.41, 5.74) is -1.11. The molecule has 0 aliphatic carbocycles. The van der Waals surface area contributed by atoms with Crippen LogP contribution in [0.1, 0.15) is 6.42 Å². The largest absolute Gasteiger partial charge is 0.396 e. The first-order chi connectivity index (χ1) is 8.20. The third-order valence-corrected chi connectivity index (χ3v) is 2.83. The molecule has 1 unspecified atom stereocenters. The zero-order valence-corrected chi connectivity index (χ0v) is 9.37. The second kappa shape index (κ2) is 8.75. The van der Waals surface area contributed by atoms with Crippen molar-refractivity contribution in [2.75, 3.05) is 32.9 Å². The van der Waals surface area contributed by atoms with Crippen LogP contribution in [0.25, 0.3) is 0 Å². The van der Waals surface area contributed by atoms with Gasteiger partial charge in [0, 0.05) is 12.0 Å². The molecule has 0 fully saturated rings. The summed E-state index contributed by atoms with van der Waals surface area (Å²) in [6.45, 7) is -1.21. The van der Waals surface area contributed by atoms with Crippen LogP contribution in [-0.4, -0.2) is 60.4 Å². The molecule has 7 nitrogen and oxygen atoms in total. The Morgan fingerprint density at radius 3 is 2.06 bits per heavy atom. The maximum atomic E-state index is 10.1. The number of aliphatic imine (C=N–C) groups is 2. The highest BCUT2D eigenvalue weighted by atomic mass is 16.3. The Hall–Kier alpha value is -1.36. The van der Waals surface area contributed by atoms with Gasteiger partial charge in [-0.3, -0.25) is 0 Å². The Kier molecular flexibility index (Phi) is 8.05. The van der Waals surface area contributed by atoms with Crippen LogP contribution in [0.2, 0.25) is 0 Å². The number of rotatable bonds is 9. The average Bonchev–Trinajstić information content (AvgIpc) is 2.38. The van der Waals surface area contributed by atoms with Gasteiger partial charge in [-0.1, -0.05) is 0 Å². The monoisotopic (exact) mass is 244 g/mol. The molecule has 0 heterocycles. The van der Waals surface area contributed by atoms with Crippen molar-refractivity contribution < 1.29 is 24.9 Å². The topological polar surface area (TPSA) is 120 Å². The first-order valence-electron chi connectivity index (χ1n) is 5.10. The van der Waals surface area contributed by atoms with Gasteiger partial charge in [0.15, 0.2) is 0 Å². The Morgan fingerprint density at radius 1 is 1.06 bits per heavy atom. The molecule has 0 spiro atoms. The Labute approximate surface area is 98.5 Å². The molecule has 0 aliphatic heterocycles. The van der Waals surface area contributed by atoms with Crippen molar-refractivity contribution in [3.63, 3.8) is 0 Å². The lowest BCUT2D eigenvalue weighted by Gasteiger charge is -2.35. The van der Waals surface area contributed by atoms with Crippen molar-refractivity contribution >= 4 is 12.2 Å². The highest BCUT2D eigenvalue weighted by Gasteiger charge is 2.37. The zero-order chi connectivity index (χ0) is 13.1. The lowest BCUT2D eigenvalue weighted by Crippen LogP contribution is -2.43. The highest BCUT2D eigenvalue weighted by Crippen LogP contribution is 2.30. The quantitative estimate of drug-likeness (QED) is 0.341. The third-order valence-electron chi connectivity index (χ3n) is 2.83. The number of aliphatic hydroxyl groups excluding tert-OH is 3. The molecular weight excluding hydrogens is 228 g/mol. The van der Waals surface area contributed by atoms with E-state index < -0.39 is 24.5 Å². The predicted molar refractivity (Wildman–Crippen MR) is 57.8 cm³/mol. The summed E-state index contributed by atoms with van der Waals surface area (Å²) in [6, 6.07) is 0. The van der Waals surface area contributed by atoms with E-state index in [-0.39, 0.29) is 26.1 Å². The molecule has 7 heteroatoms. The van der Waals surface area contributed by atoms with E-state index in [4.69, 9.17) is 0 Å². The van der Waals surface area contributed by atoms with Crippen molar-refractivity contribution in [2.45, 2.75) is 6.42 Å². The van der Waals surface area contributed by atoms with Crippen LogP contribution in [0.4, 0.5) is 0 Å². The molecule has 96 valence electrons. The minimum atomic E-state index is -1.11. The summed E-state index contributed by atoms with van der Waals surface area (Å²) < 4.78 is 0. The number of isocyanates is 2. The standard InChI is InChI=1S/C10H16N2O5/c13-3-9(1-2-11-7-16)10(5-14,6-15)4-12-8-17/h9,13-15H,1-6H2. The molecule has 1 atom stereocenters. The van der Waals surface area contributed by atoms with Gasteiger partial charge in [-0.05, 0) is 12.3 Å². The highest BCUT2D eigenvalue weighted by molar-refractivity contribution is 5.33. The molecule has 0 aromatic rings. The first kappa shape index (κ1) is 15.6. The summed E-state index contributed by atoms with van der Waals surface area (Å²) in [5.74, 6) is -0.522. The van der Waals surface area contributed by atoms with Crippen LogP contribution in [-0.2, 0) is 9.59 Å². The molecule has 0 aliphatic rings. The normalized spacial score (nSPS) is 12.4. The number of hydrogen-bond acceptors (Lipinski definition) is 7. The molecule has 0 bridgehead atoms. The molecule has 0 aromatic carbocycles. The zero-order valence-electron chi connectivity index (χ0n) is 9.37. The van der Waals surface area contributed by atoms with E-state index in [0.29, 0.717) is 0 Å². The fourth-order valence-electron chi connectivity index (χ4n) is 1.58. The second-order valence-corrected chi connectivity index (χ2v) is 3.73. The minimum absolute atomic E-state index is 0.126. The maximum Gasteiger partial charge on any atom is 0.234 e. The lowest BCUT2D eigenvalue weighted by atomic mass is 9.75. The van der Waals surface area contributed by atoms with Crippen LogP contribution in [0.3, 0.4) is 0 Å². The van der Waals surface area contributed by atoms with Gasteiger partial charge in [-0.15, -0.1) is 0 Å². The minimum Gasteiger partial charge on any atom is -0.396 e.